The molecule has 6 heteroatoms. The highest BCUT2D eigenvalue weighted by molar-refractivity contribution is 7.89. The van der Waals surface area contributed by atoms with Crippen LogP contribution < -0.4 is 15.2 Å². The van der Waals surface area contributed by atoms with Gasteiger partial charge in [0.25, 0.3) is 0 Å². The van der Waals surface area contributed by atoms with Crippen molar-refractivity contribution in [3.05, 3.63) is 24.3 Å². The predicted molar refractivity (Wildman–Crippen MR) is 76.2 cm³/mol. The fraction of sp³-hybridized carbons (Fsp3) is 0.385. The second-order valence-corrected chi connectivity index (χ2v) is 5.86. The molecule has 3 N–H and O–H groups in total. The molecule has 19 heavy (non-hydrogen) atoms. The summed E-state index contributed by atoms with van der Waals surface area (Å²) in [6, 6.07) is 6.79. The van der Waals surface area contributed by atoms with E-state index in [1.54, 1.807) is 24.3 Å². The molecule has 0 radical (unpaired) electrons. The predicted octanol–water partition coefficient (Wildman–Crippen LogP) is 0.980. The van der Waals surface area contributed by atoms with Crippen molar-refractivity contribution in [1.82, 2.24) is 4.72 Å². The lowest BCUT2D eigenvalue weighted by molar-refractivity contribution is 0.340. The Morgan fingerprint density at radius 3 is 2.63 bits per heavy atom. The first-order chi connectivity index (χ1) is 9.03. The normalized spacial score (nSPS) is 10.9. The van der Waals surface area contributed by atoms with Crippen LogP contribution in [0.5, 0.6) is 5.75 Å². The standard InChI is InChI=1S/C13H18N2O3S/c1-2-3-4-9-15-19(16,17)11-10-18-13-7-5-12(14)6-8-13/h1,5-8,15H,3-4,9-11,14H2. The van der Waals surface area contributed by atoms with E-state index in [-0.39, 0.29) is 12.4 Å². The maximum absolute atomic E-state index is 11.6. The van der Waals surface area contributed by atoms with E-state index in [1.165, 1.54) is 0 Å². The second-order valence-electron chi connectivity index (χ2n) is 3.94. The minimum Gasteiger partial charge on any atom is -0.492 e. The molecule has 0 atom stereocenters. The number of anilines is 1. The Bertz CT molecular complexity index is 518. The molecule has 0 heterocycles. The first kappa shape index (κ1) is 15.3. The summed E-state index contributed by atoms with van der Waals surface area (Å²) >= 11 is 0. The molecule has 0 unspecified atom stereocenters. The average Bonchev–Trinajstić information content (AvgIpc) is 2.37. The third kappa shape index (κ3) is 6.70. The van der Waals surface area contributed by atoms with Gasteiger partial charge in [-0.25, -0.2) is 13.1 Å². The Morgan fingerprint density at radius 2 is 2.00 bits per heavy atom. The van der Waals surface area contributed by atoms with Gasteiger partial charge in [0.2, 0.25) is 10.0 Å². The van der Waals surface area contributed by atoms with Crippen LogP contribution in [0.2, 0.25) is 0 Å². The molecule has 0 aliphatic heterocycles. The molecule has 104 valence electrons. The molecule has 0 aliphatic rings. The summed E-state index contributed by atoms with van der Waals surface area (Å²) in [5, 5.41) is 0. The van der Waals surface area contributed by atoms with Gasteiger partial charge in [-0.1, -0.05) is 0 Å². The summed E-state index contributed by atoms with van der Waals surface area (Å²) in [4.78, 5) is 0. The summed E-state index contributed by atoms with van der Waals surface area (Å²) in [7, 11) is -3.31. The van der Waals surface area contributed by atoms with E-state index in [4.69, 9.17) is 16.9 Å². The molecular formula is C13H18N2O3S. The summed E-state index contributed by atoms with van der Waals surface area (Å²) in [5.41, 5.74) is 6.16. The van der Waals surface area contributed by atoms with Crippen molar-refractivity contribution in [1.29, 1.82) is 0 Å². The minimum atomic E-state index is -3.31. The summed E-state index contributed by atoms with van der Waals surface area (Å²) in [6.45, 7) is 0.447. The third-order valence-electron chi connectivity index (χ3n) is 2.32. The van der Waals surface area contributed by atoms with Gasteiger partial charge in [-0.3, -0.25) is 0 Å². The van der Waals surface area contributed by atoms with E-state index < -0.39 is 10.0 Å². The van der Waals surface area contributed by atoms with Crippen LogP contribution in [0.3, 0.4) is 0 Å². The number of hydrogen-bond donors (Lipinski definition) is 2. The number of nitrogens with two attached hydrogens (primary N) is 1. The number of ether oxygens (including phenoxy) is 1. The second kappa shape index (κ2) is 7.67. The lowest BCUT2D eigenvalue weighted by atomic mass is 10.3. The number of terminal acetylenes is 1. The quantitative estimate of drug-likeness (QED) is 0.423. The van der Waals surface area contributed by atoms with Gasteiger partial charge in [0.1, 0.15) is 12.4 Å². The van der Waals surface area contributed by atoms with Gasteiger partial charge in [0.15, 0.2) is 0 Å². The monoisotopic (exact) mass is 282 g/mol. The minimum absolute atomic E-state index is 0.0899. The molecule has 0 saturated heterocycles. The highest BCUT2D eigenvalue weighted by Crippen LogP contribution is 2.12. The van der Waals surface area contributed by atoms with E-state index >= 15 is 0 Å². The number of unbranched alkanes of at least 4 members (excludes halogenated alkanes) is 1. The molecule has 5 nitrogen and oxygen atoms in total. The number of nitrogens with one attached hydrogen (secondary N) is 1. The maximum atomic E-state index is 11.6. The van der Waals surface area contributed by atoms with Crippen LogP contribution in [-0.4, -0.2) is 27.3 Å². The van der Waals surface area contributed by atoms with Gasteiger partial charge in [0, 0.05) is 18.7 Å². The summed E-state index contributed by atoms with van der Waals surface area (Å²) in [5.74, 6) is 2.96. The zero-order valence-electron chi connectivity index (χ0n) is 10.6. The van der Waals surface area contributed by atoms with E-state index in [0.29, 0.717) is 30.8 Å². The van der Waals surface area contributed by atoms with Crippen LogP contribution in [0, 0.1) is 12.3 Å². The van der Waals surface area contributed by atoms with Crippen LogP contribution in [0.25, 0.3) is 0 Å². The van der Waals surface area contributed by atoms with Crippen molar-refractivity contribution in [3.63, 3.8) is 0 Å². The third-order valence-corrected chi connectivity index (χ3v) is 3.67. The summed E-state index contributed by atoms with van der Waals surface area (Å²) < 4.78 is 30.9. The van der Waals surface area contributed by atoms with Crippen molar-refractivity contribution < 1.29 is 13.2 Å². The molecule has 1 rings (SSSR count). The maximum Gasteiger partial charge on any atom is 0.214 e. The van der Waals surface area contributed by atoms with Crippen LogP contribution in [-0.2, 0) is 10.0 Å². The first-order valence-electron chi connectivity index (χ1n) is 5.92. The van der Waals surface area contributed by atoms with E-state index in [0.717, 1.165) is 0 Å². The molecule has 0 aliphatic carbocycles. The van der Waals surface area contributed by atoms with Crippen LogP contribution in [0.4, 0.5) is 5.69 Å². The first-order valence-corrected chi connectivity index (χ1v) is 7.58. The zero-order valence-corrected chi connectivity index (χ0v) is 11.4. The lowest BCUT2D eigenvalue weighted by Gasteiger charge is -2.08. The fourth-order valence-corrected chi connectivity index (χ4v) is 2.23. The molecular weight excluding hydrogens is 264 g/mol. The highest BCUT2D eigenvalue weighted by Gasteiger charge is 2.09. The van der Waals surface area contributed by atoms with Gasteiger partial charge >= 0.3 is 0 Å². The SMILES string of the molecule is C#CCCCNS(=O)(=O)CCOc1ccc(N)cc1. The van der Waals surface area contributed by atoms with Gasteiger partial charge in [0.05, 0.1) is 5.75 Å². The number of benzene rings is 1. The fourth-order valence-electron chi connectivity index (χ4n) is 1.32. The van der Waals surface area contributed by atoms with E-state index in [9.17, 15) is 8.42 Å². The number of hydrogen-bond acceptors (Lipinski definition) is 4. The van der Waals surface area contributed by atoms with Crippen molar-refractivity contribution in [2.24, 2.45) is 0 Å². The highest BCUT2D eigenvalue weighted by atomic mass is 32.2. The topological polar surface area (TPSA) is 81.4 Å². The molecule has 1 aromatic carbocycles. The number of rotatable bonds is 8. The van der Waals surface area contributed by atoms with Gasteiger partial charge in [-0.05, 0) is 30.7 Å². The molecule has 0 aromatic heterocycles. The molecule has 1 aromatic rings. The Kier molecular flexibility index (Phi) is 6.19. The van der Waals surface area contributed by atoms with E-state index in [2.05, 4.69) is 10.6 Å². The molecule has 0 spiro atoms. The van der Waals surface area contributed by atoms with Gasteiger partial charge in [-0.2, -0.15) is 0 Å². The van der Waals surface area contributed by atoms with Crippen molar-refractivity contribution in [3.8, 4) is 18.1 Å². The smallest absolute Gasteiger partial charge is 0.214 e. The molecule has 0 fully saturated rings. The van der Waals surface area contributed by atoms with Crippen molar-refractivity contribution in [2.75, 3.05) is 24.6 Å². The van der Waals surface area contributed by atoms with E-state index in [1.807, 2.05) is 0 Å². The zero-order chi connectivity index (χ0) is 14.1. The number of sulfonamides is 1. The van der Waals surface area contributed by atoms with Crippen LogP contribution >= 0.6 is 0 Å². The Morgan fingerprint density at radius 1 is 1.32 bits per heavy atom. The molecule has 0 amide bonds. The summed E-state index contributed by atoms with van der Waals surface area (Å²) in [6.07, 6.45) is 6.27. The molecule has 0 bridgehead atoms. The van der Waals surface area contributed by atoms with Crippen LogP contribution in [0.15, 0.2) is 24.3 Å². The lowest BCUT2D eigenvalue weighted by Crippen LogP contribution is -2.29. The van der Waals surface area contributed by atoms with Gasteiger partial charge < -0.3 is 10.5 Å². The van der Waals surface area contributed by atoms with Crippen molar-refractivity contribution >= 4 is 15.7 Å². The van der Waals surface area contributed by atoms with Crippen LogP contribution in [0.1, 0.15) is 12.8 Å². The Balaban J connectivity index is 2.27. The van der Waals surface area contributed by atoms with Crippen molar-refractivity contribution in [2.45, 2.75) is 12.8 Å². The average molecular weight is 282 g/mol. The number of nitrogen functional groups attached to an aromatic ring is 1. The van der Waals surface area contributed by atoms with Gasteiger partial charge in [-0.15, -0.1) is 12.3 Å². The largest absolute Gasteiger partial charge is 0.492 e. The Labute approximate surface area is 114 Å². The Hall–Kier alpha value is -1.71. The molecule has 0 saturated carbocycles.